The van der Waals surface area contributed by atoms with E-state index in [1.54, 1.807) is 30.6 Å². The van der Waals surface area contributed by atoms with Crippen molar-refractivity contribution in [2.75, 3.05) is 4.72 Å². The van der Waals surface area contributed by atoms with Crippen LogP contribution in [0.5, 0.6) is 0 Å². The standard InChI is InChI=1S/C14H12N2O3S2/c17-9-11-4-5-14(20-11)21(18,19)16-13-3-1-2-10-6-7-15-8-12(10)13/h1-8,16-17H,9H2. The number of sulfonamides is 1. The van der Waals surface area contributed by atoms with Crippen LogP contribution >= 0.6 is 11.3 Å². The number of thiophene rings is 1. The second-order valence-corrected chi connectivity index (χ2v) is 7.46. The van der Waals surface area contributed by atoms with Crippen molar-refractivity contribution in [2.24, 2.45) is 0 Å². The van der Waals surface area contributed by atoms with Gasteiger partial charge in [-0.15, -0.1) is 11.3 Å². The molecule has 2 N–H and O–H groups in total. The minimum atomic E-state index is -3.66. The number of nitrogens with one attached hydrogen (secondary N) is 1. The zero-order chi connectivity index (χ0) is 14.9. The number of benzene rings is 1. The van der Waals surface area contributed by atoms with Crippen LogP contribution in [-0.2, 0) is 16.6 Å². The van der Waals surface area contributed by atoms with E-state index in [1.807, 2.05) is 12.1 Å². The normalized spacial score (nSPS) is 11.7. The van der Waals surface area contributed by atoms with Crippen molar-refractivity contribution in [3.63, 3.8) is 0 Å². The molecule has 0 unspecified atom stereocenters. The van der Waals surface area contributed by atoms with E-state index in [-0.39, 0.29) is 10.8 Å². The van der Waals surface area contributed by atoms with Gasteiger partial charge in [0.1, 0.15) is 4.21 Å². The molecule has 0 fully saturated rings. The fourth-order valence-corrected chi connectivity index (χ4v) is 4.28. The number of hydrogen-bond donors (Lipinski definition) is 2. The summed E-state index contributed by atoms with van der Waals surface area (Å²) in [7, 11) is -3.66. The van der Waals surface area contributed by atoms with Gasteiger partial charge in [-0.1, -0.05) is 12.1 Å². The van der Waals surface area contributed by atoms with Crippen LogP contribution in [0.2, 0.25) is 0 Å². The third-order valence-corrected chi connectivity index (χ3v) is 5.91. The molecule has 1 aromatic carbocycles. The molecule has 0 saturated carbocycles. The maximum absolute atomic E-state index is 12.4. The zero-order valence-electron chi connectivity index (χ0n) is 10.9. The molecule has 0 spiro atoms. The Balaban J connectivity index is 2.01. The Morgan fingerprint density at radius 3 is 2.81 bits per heavy atom. The Bertz CT molecular complexity index is 883. The Kier molecular flexibility index (Phi) is 3.62. The molecule has 0 saturated heterocycles. The number of aromatic nitrogens is 1. The van der Waals surface area contributed by atoms with E-state index in [4.69, 9.17) is 5.11 Å². The highest BCUT2D eigenvalue weighted by Crippen LogP contribution is 2.27. The van der Waals surface area contributed by atoms with Crippen molar-refractivity contribution in [3.05, 3.63) is 53.7 Å². The first-order chi connectivity index (χ1) is 10.1. The quantitative estimate of drug-likeness (QED) is 0.774. The minimum Gasteiger partial charge on any atom is -0.391 e. The molecular formula is C14H12N2O3S2. The fourth-order valence-electron chi connectivity index (χ4n) is 1.99. The maximum Gasteiger partial charge on any atom is 0.271 e. The highest BCUT2D eigenvalue weighted by Gasteiger charge is 2.17. The van der Waals surface area contributed by atoms with E-state index in [9.17, 15) is 8.42 Å². The van der Waals surface area contributed by atoms with Crippen LogP contribution < -0.4 is 4.72 Å². The third kappa shape index (κ3) is 2.76. The van der Waals surface area contributed by atoms with Crippen molar-refractivity contribution in [1.82, 2.24) is 4.98 Å². The summed E-state index contributed by atoms with van der Waals surface area (Å²) in [6.07, 6.45) is 3.29. The number of aliphatic hydroxyl groups excluding tert-OH is 1. The van der Waals surface area contributed by atoms with Crippen LogP contribution in [0.15, 0.2) is 53.0 Å². The lowest BCUT2D eigenvalue weighted by Crippen LogP contribution is -2.11. The second kappa shape index (κ2) is 5.44. The topological polar surface area (TPSA) is 79.3 Å². The molecule has 3 aromatic rings. The van der Waals surface area contributed by atoms with Crippen molar-refractivity contribution < 1.29 is 13.5 Å². The molecule has 21 heavy (non-hydrogen) atoms. The molecule has 0 aliphatic heterocycles. The van der Waals surface area contributed by atoms with Crippen LogP contribution in [0.1, 0.15) is 4.88 Å². The summed E-state index contributed by atoms with van der Waals surface area (Å²) in [6.45, 7) is -0.168. The molecule has 2 heterocycles. The maximum atomic E-state index is 12.4. The largest absolute Gasteiger partial charge is 0.391 e. The Labute approximate surface area is 125 Å². The van der Waals surface area contributed by atoms with Gasteiger partial charge in [0.2, 0.25) is 0 Å². The summed E-state index contributed by atoms with van der Waals surface area (Å²) in [5.74, 6) is 0. The molecule has 0 aliphatic carbocycles. The van der Waals surface area contributed by atoms with Crippen molar-refractivity contribution in [3.8, 4) is 0 Å². The number of nitrogens with zero attached hydrogens (tertiary/aromatic N) is 1. The lowest BCUT2D eigenvalue weighted by molar-refractivity contribution is 0.285. The SMILES string of the molecule is O=S(=O)(Nc1cccc2ccncc12)c1ccc(CO)s1. The molecule has 108 valence electrons. The highest BCUT2D eigenvalue weighted by molar-refractivity contribution is 7.94. The number of aliphatic hydroxyl groups is 1. The van der Waals surface area contributed by atoms with Crippen molar-refractivity contribution in [2.45, 2.75) is 10.8 Å². The predicted molar refractivity (Wildman–Crippen MR) is 82.8 cm³/mol. The number of rotatable bonds is 4. The zero-order valence-corrected chi connectivity index (χ0v) is 12.5. The third-order valence-electron chi connectivity index (χ3n) is 2.99. The summed E-state index contributed by atoms with van der Waals surface area (Å²) in [5.41, 5.74) is 0.486. The van der Waals surface area contributed by atoms with Gasteiger partial charge in [-0.25, -0.2) is 8.42 Å². The molecule has 3 rings (SSSR count). The summed E-state index contributed by atoms with van der Waals surface area (Å²) in [4.78, 5) is 4.63. The van der Waals surface area contributed by atoms with Gasteiger partial charge >= 0.3 is 0 Å². The molecule has 0 atom stereocenters. The monoisotopic (exact) mass is 320 g/mol. The van der Waals surface area contributed by atoms with Crippen LogP contribution in [0.25, 0.3) is 10.8 Å². The minimum absolute atomic E-state index is 0.168. The summed E-state index contributed by atoms with van der Waals surface area (Å²) >= 11 is 1.05. The van der Waals surface area contributed by atoms with Gasteiger partial charge in [0, 0.05) is 22.7 Å². The van der Waals surface area contributed by atoms with Crippen LogP contribution in [-0.4, -0.2) is 18.5 Å². The van der Waals surface area contributed by atoms with E-state index in [1.165, 1.54) is 6.07 Å². The number of anilines is 1. The Morgan fingerprint density at radius 1 is 1.19 bits per heavy atom. The van der Waals surface area contributed by atoms with Crippen LogP contribution in [0.3, 0.4) is 0 Å². The molecule has 0 radical (unpaired) electrons. The van der Waals surface area contributed by atoms with Gasteiger partial charge in [-0.3, -0.25) is 9.71 Å². The average molecular weight is 320 g/mol. The van der Waals surface area contributed by atoms with Gasteiger partial charge in [-0.2, -0.15) is 0 Å². The Hall–Kier alpha value is -1.96. The van der Waals surface area contributed by atoms with E-state index >= 15 is 0 Å². The van der Waals surface area contributed by atoms with E-state index in [2.05, 4.69) is 9.71 Å². The highest BCUT2D eigenvalue weighted by atomic mass is 32.2. The molecule has 7 heteroatoms. The molecule has 2 aromatic heterocycles. The second-order valence-electron chi connectivity index (χ2n) is 4.39. The molecule has 5 nitrogen and oxygen atoms in total. The first-order valence-electron chi connectivity index (χ1n) is 6.15. The average Bonchev–Trinajstić information content (AvgIpc) is 2.97. The van der Waals surface area contributed by atoms with Gasteiger partial charge in [0.15, 0.2) is 0 Å². The van der Waals surface area contributed by atoms with Crippen LogP contribution in [0, 0.1) is 0 Å². The summed E-state index contributed by atoms with van der Waals surface area (Å²) in [5, 5.41) is 10.7. The predicted octanol–water partition coefficient (Wildman–Crippen LogP) is 2.59. The smallest absolute Gasteiger partial charge is 0.271 e. The lowest BCUT2D eigenvalue weighted by Gasteiger charge is -2.09. The Morgan fingerprint density at radius 2 is 2.05 bits per heavy atom. The van der Waals surface area contributed by atoms with E-state index in [0.29, 0.717) is 10.6 Å². The van der Waals surface area contributed by atoms with Gasteiger partial charge < -0.3 is 5.11 Å². The van der Waals surface area contributed by atoms with Gasteiger partial charge in [0.25, 0.3) is 10.0 Å². The van der Waals surface area contributed by atoms with Crippen molar-refractivity contribution in [1.29, 1.82) is 0 Å². The molecule has 0 aliphatic rings. The van der Waals surface area contributed by atoms with Crippen LogP contribution in [0.4, 0.5) is 5.69 Å². The van der Waals surface area contributed by atoms with E-state index in [0.717, 1.165) is 22.1 Å². The number of pyridine rings is 1. The molecule has 0 bridgehead atoms. The molecule has 0 amide bonds. The van der Waals surface area contributed by atoms with Crippen molar-refractivity contribution >= 4 is 37.8 Å². The first-order valence-corrected chi connectivity index (χ1v) is 8.45. The fraction of sp³-hybridized carbons (Fsp3) is 0.0714. The van der Waals surface area contributed by atoms with E-state index < -0.39 is 10.0 Å². The summed E-state index contributed by atoms with van der Waals surface area (Å²) in [6, 6.07) is 10.3. The summed E-state index contributed by atoms with van der Waals surface area (Å²) < 4.78 is 27.5. The molecular weight excluding hydrogens is 308 g/mol. The number of fused-ring (bicyclic) bond motifs is 1. The lowest BCUT2D eigenvalue weighted by atomic mass is 10.1. The number of hydrogen-bond acceptors (Lipinski definition) is 5. The van der Waals surface area contributed by atoms with Gasteiger partial charge in [0.05, 0.1) is 12.3 Å². The van der Waals surface area contributed by atoms with Gasteiger partial charge in [-0.05, 0) is 29.7 Å². The first kappa shape index (κ1) is 14.0.